The van der Waals surface area contributed by atoms with Gasteiger partial charge in [-0.2, -0.15) is 32.8 Å². The van der Waals surface area contributed by atoms with E-state index in [1.54, 1.807) is 16.9 Å². The van der Waals surface area contributed by atoms with Gasteiger partial charge >= 0.3 is 6.18 Å². The van der Waals surface area contributed by atoms with Crippen LogP contribution in [0.15, 0.2) is 79.8 Å². The van der Waals surface area contributed by atoms with Crippen molar-refractivity contribution in [2.24, 2.45) is 0 Å². The summed E-state index contributed by atoms with van der Waals surface area (Å²) in [6, 6.07) is 9.07. The molecule has 1 amide bonds. The van der Waals surface area contributed by atoms with Gasteiger partial charge in [-0.1, -0.05) is 11.6 Å². The van der Waals surface area contributed by atoms with Crippen molar-refractivity contribution in [2.45, 2.75) is 44.4 Å². The topological polar surface area (TPSA) is 139 Å². The predicted octanol–water partition coefficient (Wildman–Crippen LogP) is 5.07. The Balaban J connectivity index is 1.27. The highest BCUT2D eigenvalue weighted by Gasteiger charge is 2.33. The number of benzene rings is 1. The molecule has 0 bridgehead atoms. The second-order valence-corrected chi connectivity index (χ2v) is 12.4. The van der Waals surface area contributed by atoms with Crippen molar-refractivity contribution in [2.75, 3.05) is 13.1 Å². The highest BCUT2D eigenvalue weighted by atomic mass is 35.5. The molecule has 0 aliphatic carbocycles. The fraction of sp³-hybridized carbons (Fsp3) is 0.273. The van der Waals surface area contributed by atoms with Gasteiger partial charge in [0, 0.05) is 49.0 Å². The number of pyridine rings is 2. The lowest BCUT2D eigenvalue weighted by Crippen LogP contribution is -2.38. The van der Waals surface area contributed by atoms with Crippen LogP contribution in [-0.2, 0) is 23.9 Å². The summed E-state index contributed by atoms with van der Waals surface area (Å²) in [4.78, 5) is 18.4. The Labute approximate surface area is 292 Å². The Bertz CT molecular complexity index is 2180. The van der Waals surface area contributed by atoms with E-state index in [9.17, 15) is 23.2 Å². The van der Waals surface area contributed by atoms with Crippen LogP contribution in [0, 0.1) is 11.0 Å². The SMILES string of the molecule is O=C(Cc1ccnn1CC(c1ccc(-c2c(-n3cnnn3)ccc(Cl)c2F)c[n+]1[O-])n1cc(-c2ccnc(C(F)(F)F)c2)cn1)N1CCCCC1. The molecule has 0 N–H and O–H groups in total. The van der Waals surface area contributed by atoms with Crippen LogP contribution in [0.1, 0.15) is 42.4 Å². The van der Waals surface area contributed by atoms with Crippen molar-refractivity contribution in [1.29, 1.82) is 0 Å². The van der Waals surface area contributed by atoms with Crippen LogP contribution in [0.4, 0.5) is 17.6 Å². The number of nitrogens with zero attached hydrogens (tertiary/aromatic N) is 11. The molecule has 6 aromatic rings. The number of hydrogen-bond donors (Lipinski definition) is 0. The zero-order valence-corrected chi connectivity index (χ0v) is 27.4. The number of piperidine rings is 1. The van der Waals surface area contributed by atoms with Crippen LogP contribution in [-0.4, -0.2) is 68.6 Å². The van der Waals surface area contributed by atoms with Gasteiger partial charge in [-0.25, -0.2) is 4.39 Å². The minimum atomic E-state index is -4.65. The van der Waals surface area contributed by atoms with E-state index in [0.717, 1.165) is 31.5 Å². The summed E-state index contributed by atoms with van der Waals surface area (Å²) in [5, 5.41) is 33.7. The number of hydrogen-bond acceptors (Lipinski definition) is 8. The van der Waals surface area contributed by atoms with Crippen molar-refractivity contribution in [1.82, 2.24) is 49.7 Å². The largest absolute Gasteiger partial charge is 0.618 e. The number of carbonyl (C=O) groups is 1. The normalized spacial score (nSPS) is 14.2. The number of amides is 1. The first-order valence-electron chi connectivity index (χ1n) is 15.9. The Hall–Kier alpha value is -5.71. The van der Waals surface area contributed by atoms with E-state index in [1.807, 2.05) is 4.90 Å². The standard InChI is InChI=1S/C33H28ClF4N11O2/c34-25-5-7-27(48-20-40-43-44-48)31(32(25)35)22-4-6-26(49(51)18-22)28(19-46-24(9-11-41-46)15-30(50)45-12-2-1-3-13-45)47-17-23(16-42-47)21-8-10-39-29(14-21)33(36,37)38/h4-11,14,16-18,20,28H,1-3,12-13,15,19H2. The fourth-order valence-electron chi connectivity index (χ4n) is 6.16. The smallest absolute Gasteiger partial charge is 0.433 e. The molecule has 0 spiro atoms. The van der Waals surface area contributed by atoms with Crippen LogP contribution in [0.25, 0.3) is 27.9 Å². The lowest BCUT2D eigenvalue weighted by atomic mass is 10.0. The molecule has 7 rings (SSSR count). The van der Waals surface area contributed by atoms with Crippen molar-refractivity contribution in [3.63, 3.8) is 0 Å². The third-order valence-electron chi connectivity index (χ3n) is 8.74. The molecule has 1 aliphatic rings. The van der Waals surface area contributed by atoms with Gasteiger partial charge < -0.3 is 10.1 Å². The Kier molecular flexibility index (Phi) is 9.20. The molecule has 1 saturated heterocycles. The quantitative estimate of drug-likeness (QED) is 0.115. The van der Waals surface area contributed by atoms with E-state index in [-0.39, 0.29) is 52.0 Å². The van der Waals surface area contributed by atoms with E-state index in [4.69, 9.17) is 11.6 Å². The van der Waals surface area contributed by atoms with E-state index >= 15 is 4.39 Å². The molecule has 0 radical (unpaired) electrons. The third-order valence-corrected chi connectivity index (χ3v) is 9.03. The summed E-state index contributed by atoms with van der Waals surface area (Å²) in [7, 11) is 0. The molecule has 18 heteroatoms. The first kappa shape index (κ1) is 33.8. The number of alkyl halides is 3. The highest BCUT2D eigenvalue weighted by Crippen LogP contribution is 2.34. The lowest BCUT2D eigenvalue weighted by molar-refractivity contribution is -0.615. The van der Waals surface area contributed by atoms with Crippen molar-refractivity contribution in [3.05, 3.63) is 113 Å². The molecular formula is C33H28ClF4N11O2. The van der Waals surface area contributed by atoms with Gasteiger partial charge in [-0.3, -0.25) is 19.1 Å². The monoisotopic (exact) mass is 721 g/mol. The number of carbonyl (C=O) groups excluding carboxylic acids is 1. The van der Waals surface area contributed by atoms with Crippen LogP contribution in [0.5, 0.6) is 0 Å². The Morgan fingerprint density at radius 3 is 2.57 bits per heavy atom. The predicted molar refractivity (Wildman–Crippen MR) is 173 cm³/mol. The van der Waals surface area contributed by atoms with Crippen LogP contribution >= 0.6 is 11.6 Å². The molecule has 262 valence electrons. The van der Waals surface area contributed by atoms with Crippen LogP contribution in [0.3, 0.4) is 0 Å². The van der Waals surface area contributed by atoms with Gasteiger partial charge in [0.1, 0.15) is 12.0 Å². The summed E-state index contributed by atoms with van der Waals surface area (Å²) in [5.41, 5.74) is 0.628. The summed E-state index contributed by atoms with van der Waals surface area (Å²) in [6.07, 6.45) is 6.34. The maximum absolute atomic E-state index is 15.5. The van der Waals surface area contributed by atoms with Crippen molar-refractivity contribution < 1.29 is 27.1 Å². The highest BCUT2D eigenvalue weighted by molar-refractivity contribution is 6.31. The van der Waals surface area contributed by atoms with Gasteiger partial charge in [0.15, 0.2) is 18.1 Å². The van der Waals surface area contributed by atoms with Gasteiger partial charge in [0.25, 0.3) is 0 Å². The minimum Gasteiger partial charge on any atom is -0.618 e. The molecule has 13 nitrogen and oxygen atoms in total. The third kappa shape index (κ3) is 7.01. The van der Waals surface area contributed by atoms with E-state index in [2.05, 4.69) is 30.7 Å². The molecule has 1 aromatic carbocycles. The van der Waals surface area contributed by atoms with Gasteiger partial charge in [0.2, 0.25) is 11.6 Å². The maximum Gasteiger partial charge on any atom is 0.433 e. The first-order chi connectivity index (χ1) is 24.6. The molecule has 1 unspecified atom stereocenters. The molecule has 51 heavy (non-hydrogen) atoms. The number of halogens is 5. The van der Waals surface area contributed by atoms with Crippen LogP contribution < -0.4 is 4.73 Å². The maximum atomic E-state index is 15.5. The average molecular weight is 722 g/mol. The van der Waals surface area contributed by atoms with Gasteiger partial charge in [-0.05, 0) is 71.7 Å². The molecule has 0 saturated carbocycles. The van der Waals surface area contributed by atoms with Crippen LogP contribution in [0.2, 0.25) is 5.02 Å². The van der Waals surface area contributed by atoms with Gasteiger partial charge in [-0.15, -0.1) is 5.10 Å². The second-order valence-electron chi connectivity index (χ2n) is 12.0. The second kappa shape index (κ2) is 13.9. The molecule has 1 aliphatic heterocycles. The molecule has 1 atom stereocenters. The Morgan fingerprint density at radius 2 is 1.82 bits per heavy atom. The van der Waals surface area contributed by atoms with Crippen molar-refractivity contribution >= 4 is 17.5 Å². The minimum absolute atomic E-state index is 0.0177. The van der Waals surface area contributed by atoms with E-state index in [1.165, 1.54) is 64.6 Å². The van der Waals surface area contributed by atoms with E-state index < -0.39 is 23.7 Å². The molecule has 1 fully saturated rings. The molecule has 6 heterocycles. The van der Waals surface area contributed by atoms with Gasteiger partial charge in [0.05, 0.1) is 41.0 Å². The number of likely N-dealkylation sites (tertiary alicyclic amines) is 1. The lowest BCUT2D eigenvalue weighted by Gasteiger charge is -2.27. The summed E-state index contributed by atoms with van der Waals surface area (Å²) >= 11 is 6.13. The zero-order valence-electron chi connectivity index (χ0n) is 26.7. The van der Waals surface area contributed by atoms with Crippen molar-refractivity contribution in [3.8, 4) is 27.9 Å². The number of aromatic nitrogens is 10. The van der Waals surface area contributed by atoms with E-state index in [0.29, 0.717) is 29.1 Å². The first-order valence-corrected chi connectivity index (χ1v) is 16.3. The average Bonchev–Trinajstić information content (AvgIpc) is 3.92. The Morgan fingerprint density at radius 1 is 1.00 bits per heavy atom. The summed E-state index contributed by atoms with van der Waals surface area (Å²) in [6.45, 7) is 1.38. The summed E-state index contributed by atoms with van der Waals surface area (Å²) in [5.74, 6) is -0.835. The molecule has 5 aromatic heterocycles. The summed E-state index contributed by atoms with van der Waals surface area (Å²) < 4.78 is 60.7. The fourth-order valence-corrected chi connectivity index (χ4v) is 6.32. The molecular weight excluding hydrogens is 694 g/mol. The zero-order chi connectivity index (χ0) is 35.7. The number of rotatable bonds is 9. The number of tetrazole rings is 1.